The zero-order chi connectivity index (χ0) is 24.0. The van der Waals surface area contributed by atoms with Crippen LogP contribution >= 0.6 is 11.3 Å². The molecule has 172 valence electrons. The number of aliphatic hydroxyl groups excluding tert-OH is 2. The SMILES string of the molecule is CC(C)c1cc(C#N)c(F)c2c1CC(=O)[N+](=S(N)(=O)c1cnc(C(O)(CO)CO)s1)C2C. The third kappa shape index (κ3) is 3.75. The van der Waals surface area contributed by atoms with Gasteiger partial charge in [0.1, 0.15) is 17.5 Å². The number of carbonyl (C=O) groups excluding carboxylic acids is 1. The van der Waals surface area contributed by atoms with Crippen LogP contribution in [0.2, 0.25) is 0 Å². The fourth-order valence-corrected chi connectivity index (χ4v) is 6.82. The Hall–Kier alpha value is -2.27. The standard InChI is InChI=1S/C20H23FN4O5S2/c1-10(2)13-4-12(6-22)18(21)17-11(3)25(15(28)5-14(13)17)32(23,30)16-7-24-19(31-16)20(29,8-26)9-27/h4,7,10-11,23,26-27,29H,5,8-9H2,1-3H3/p+1. The normalized spacial score (nSPS) is 18.4. The number of nitrogens with zero attached hydrogens (tertiary/aromatic N) is 3. The Bertz CT molecular complexity index is 1250. The maximum atomic E-state index is 15.2. The van der Waals surface area contributed by atoms with Gasteiger partial charge in [0.15, 0.2) is 21.7 Å². The molecule has 1 aliphatic rings. The van der Waals surface area contributed by atoms with Gasteiger partial charge in [0, 0.05) is 6.92 Å². The Labute approximate surface area is 188 Å². The lowest BCUT2D eigenvalue weighted by Crippen LogP contribution is -2.40. The molecule has 1 amide bonds. The smallest absolute Gasteiger partial charge is 0.393 e. The van der Waals surface area contributed by atoms with E-state index in [-0.39, 0.29) is 32.7 Å². The van der Waals surface area contributed by atoms with Gasteiger partial charge in [-0.15, -0.1) is 11.3 Å². The van der Waals surface area contributed by atoms with Crippen LogP contribution in [0.15, 0.2) is 16.5 Å². The molecule has 0 radical (unpaired) electrons. The Morgan fingerprint density at radius 3 is 2.62 bits per heavy atom. The molecule has 2 heterocycles. The highest BCUT2D eigenvalue weighted by atomic mass is 32.2. The number of hydrogen-bond acceptors (Lipinski definition) is 8. The molecule has 1 aromatic carbocycles. The fraction of sp³-hybridized carbons (Fsp3) is 0.450. The number of amides is 1. The van der Waals surface area contributed by atoms with Crippen molar-refractivity contribution in [2.75, 3.05) is 13.2 Å². The van der Waals surface area contributed by atoms with Gasteiger partial charge in [-0.25, -0.2) is 19.3 Å². The van der Waals surface area contributed by atoms with Gasteiger partial charge in [0.2, 0.25) is 0 Å². The Morgan fingerprint density at radius 2 is 2.09 bits per heavy atom. The maximum Gasteiger partial charge on any atom is 0.402 e. The van der Waals surface area contributed by atoms with E-state index in [4.69, 9.17) is 5.14 Å². The summed E-state index contributed by atoms with van der Waals surface area (Å²) < 4.78 is 29.6. The van der Waals surface area contributed by atoms with Crippen molar-refractivity contribution < 1.29 is 32.7 Å². The van der Waals surface area contributed by atoms with Crippen molar-refractivity contribution in [3.63, 3.8) is 0 Å². The summed E-state index contributed by atoms with van der Waals surface area (Å²) in [7, 11) is -3.76. The number of nitriles is 1. The quantitative estimate of drug-likeness (QED) is 0.462. The van der Waals surface area contributed by atoms with Gasteiger partial charge in [-0.05, 0) is 23.1 Å². The van der Waals surface area contributed by atoms with Gasteiger partial charge in [-0.3, -0.25) is 0 Å². The van der Waals surface area contributed by atoms with Crippen molar-refractivity contribution in [2.24, 2.45) is 5.14 Å². The van der Waals surface area contributed by atoms with Crippen molar-refractivity contribution in [1.29, 1.82) is 5.26 Å². The van der Waals surface area contributed by atoms with E-state index in [1.54, 1.807) is 0 Å². The van der Waals surface area contributed by atoms with E-state index in [1.807, 2.05) is 19.9 Å². The zero-order valence-electron chi connectivity index (χ0n) is 17.7. The molecule has 0 aliphatic carbocycles. The lowest BCUT2D eigenvalue weighted by molar-refractivity contribution is -0.474. The summed E-state index contributed by atoms with van der Waals surface area (Å²) in [6, 6.07) is 2.22. The molecule has 12 heteroatoms. The van der Waals surface area contributed by atoms with E-state index >= 15 is 4.39 Å². The van der Waals surface area contributed by atoms with Crippen LogP contribution in [0.25, 0.3) is 0 Å². The lowest BCUT2D eigenvalue weighted by atomic mass is 9.84. The average molecular weight is 484 g/mol. The van der Waals surface area contributed by atoms with Crippen molar-refractivity contribution in [3.05, 3.63) is 45.3 Å². The summed E-state index contributed by atoms with van der Waals surface area (Å²) in [5, 5.41) is 44.3. The third-order valence-corrected chi connectivity index (χ3v) is 9.26. The van der Waals surface area contributed by atoms with Crippen molar-refractivity contribution in [2.45, 2.75) is 49.0 Å². The van der Waals surface area contributed by atoms with Crippen LogP contribution in [0.3, 0.4) is 0 Å². The minimum Gasteiger partial charge on any atom is -0.393 e. The summed E-state index contributed by atoms with van der Waals surface area (Å²) >= 11 is 0.673. The van der Waals surface area contributed by atoms with Gasteiger partial charge in [0.25, 0.3) is 9.92 Å². The minimum absolute atomic E-state index is 0.0797. The van der Waals surface area contributed by atoms with Crippen LogP contribution in [0, 0.1) is 17.1 Å². The van der Waals surface area contributed by atoms with Crippen molar-refractivity contribution in [1.82, 2.24) is 4.98 Å². The van der Waals surface area contributed by atoms with E-state index in [9.17, 15) is 29.6 Å². The predicted octanol–water partition coefficient (Wildman–Crippen LogP) is 1.01. The second-order valence-electron chi connectivity index (χ2n) is 7.96. The first-order chi connectivity index (χ1) is 14.9. The average Bonchev–Trinajstić information content (AvgIpc) is 3.24. The van der Waals surface area contributed by atoms with E-state index in [0.29, 0.717) is 22.5 Å². The summed E-state index contributed by atoms with van der Waals surface area (Å²) in [6.45, 7) is 3.54. The molecule has 2 unspecified atom stereocenters. The molecule has 1 aliphatic heterocycles. The number of nitrogens with two attached hydrogens (primary N) is 1. The molecule has 2 atom stereocenters. The second-order valence-corrected chi connectivity index (χ2v) is 11.2. The fourth-order valence-electron chi connectivity index (χ4n) is 3.81. The first-order valence-electron chi connectivity index (χ1n) is 9.72. The molecule has 0 bridgehead atoms. The predicted molar refractivity (Wildman–Crippen MR) is 113 cm³/mol. The van der Waals surface area contributed by atoms with E-state index < -0.39 is 46.5 Å². The maximum absolute atomic E-state index is 15.2. The lowest BCUT2D eigenvalue weighted by Gasteiger charge is -2.25. The molecule has 32 heavy (non-hydrogen) atoms. The van der Waals surface area contributed by atoms with Crippen LogP contribution in [-0.4, -0.2) is 47.6 Å². The molecule has 0 spiro atoms. The Balaban J connectivity index is 2.27. The van der Waals surface area contributed by atoms with Crippen LogP contribution in [0.4, 0.5) is 4.39 Å². The van der Waals surface area contributed by atoms with Crippen LogP contribution < -0.4 is 5.14 Å². The summed E-state index contributed by atoms with van der Waals surface area (Å²) in [5.41, 5.74) is -1.02. The first kappa shape index (κ1) is 24.4. The molecule has 0 saturated carbocycles. The summed E-state index contributed by atoms with van der Waals surface area (Å²) in [6.07, 6.45) is 0.850. The molecular formula is C20H24FN4O5S2+. The number of halogens is 1. The van der Waals surface area contributed by atoms with Crippen LogP contribution in [-0.2, 0) is 26.7 Å². The van der Waals surface area contributed by atoms with Crippen LogP contribution in [0.1, 0.15) is 60.0 Å². The highest BCUT2D eigenvalue weighted by molar-refractivity contribution is 7.91. The number of aliphatic hydroxyl groups is 3. The van der Waals surface area contributed by atoms with Gasteiger partial charge in [-0.1, -0.05) is 17.8 Å². The molecule has 9 nitrogen and oxygen atoms in total. The molecule has 0 fully saturated rings. The first-order valence-corrected chi connectivity index (χ1v) is 12.1. The molecule has 1 aromatic heterocycles. The number of thiazole rings is 1. The molecular weight excluding hydrogens is 459 g/mol. The monoisotopic (exact) mass is 483 g/mol. The Morgan fingerprint density at radius 1 is 1.47 bits per heavy atom. The molecule has 3 rings (SSSR count). The van der Waals surface area contributed by atoms with Gasteiger partial charge in [0.05, 0.1) is 30.5 Å². The van der Waals surface area contributed by atoms with Crippen molar-refractivity contribution in [3.8, 4) is 6.07 Å². The number of aromatic nitrogens is 1. The topological polar surface area (TPSA) is 161 Å². The van der Waals surface area contributed by atoms with Gasteiger partial charge < -0.3 is 15.3 Å². The van der Waals surface area contributed by atoms with E-state index in [2.05, 4.69) is 4.98 Å². The van der Waals surface area contributed by atoms with Gasteiger partial charge >= 0.3 is 5.91 Å². The number of hydrogen-bond donors (Lipinski definition) is 4. The zero-order valence-corrected chi connectivity index (χ0v) is 19.3. The van der Waals surface area contributed by atoms with Gasteiger partial charge in [-0.2, -0.15) is 9.47 Å². The van der Waals surface area contributed by atoms with E-state index in [0.717, 1.165) is 10.1 Å². The largest absolute Gasteiger partial charge is 0.402 e. The highest BCUT2D eigenvalue weighted by Crippen LogP contribution is 2.38. The molecule has 5 N–H and O–H groups in total. The molecule has 2 aromatic rings. The summed E-state index contributed by atoms with van der Waals surface area (Å²) in [5.74, 6) is -1.45. The number of benzene rings is 1. The number of carbonyl (C=O) groups is 1. The number of fused-ring (bicyclic) bond motifs is 1. The molecule has 0 saturated heterocycles. The summed E-state index contributed by atoms with van der Waals surface area (Å²) in [4.78, 5) is 17.0. The third-order valence-electron chi connectivity index (χ3n) is 5.52. The Kier molecular flexibility index (Phi) is 6.54. The minimum atomic E-state index is -3.76. The van der Waals surface area contributed by atoms with E-state index in [1.165, 1.54) is 13.0 Å². The second kappa shape index (κ2) is 8.58. The van der Waals surface area contributed by atoms with Crippen LogP contribution in [0.5, 0.6) is 0 Å². The highest BCUT2D eigenvalue weighted by Gasteiger charge is 2.44. The van der Waals surface area contributed by atoms with Crippen molar-refractivity contribution >= 4 is 27.2 Å². The number of rotatable bonds is 5.